The van der Waals surface area contributed by atoms with Crippen molar-refractivity contribution in [2.45, 2.75) is 18.2 Å². The summed E-state index contributed by atoms with van der Waals surface area (Å²) >= 11 is 3.29. The Bertz CT molecular complexity index is 364. The minimum atomic E-state index is -0.437. The van der Waals surface area contributed by atoms with E-state index in [9.17, 15) is 9.18 Å². The minimum Gasteiger partial charge on any atom is -0.469 e. The van der Waals surface area contributed by atoms with Gasteiger partial charge in [-0.15, -0.1) is 0 Å². The Morgan fingerprint density at radius 2 is 2.27 bits per heavy atom. The van der Waals surface area contributed by atoms with Crippen LogP contribution >= 0.6 is 15.9 Å². The molecule has 0 aliphatic rings. The minimum absolute atomic E-state index is 0.0319. The summed E-state index contributed by atoms with van der Waals surface area (Å²) in [6.45, 7) is 1.83. The maximum Gasteiger partial charge on any atom is 0.310 e. The molecule has 0 amide bonds. The molecule has 1 rings (SSSR count). The van der Waals surface area contributed by atoms with Gasteiger partial charge in [-0.1, -0.05) is 34.1 Å². The molecule has 0 aliphatic heterocycles. The molecule has 0 bridgehead atoms. The van der Waals surface area contributed by atoms with Crippen molar-refractivity contribution in [2.24, 2.45) is 0 Å². The highest BCUT2D eigenvalue weighted by molar-refractivity contribution is 9.09. The van der Waals surface area contributed by atoms with Gasteiger partial charge in [-0.05, 0) is 12.5 Å². The number of carbonyl (C=O) groups is 1. The molecule has 0 aliphatic carbocycles. The molecule has 15 heavy (non-hydrogen) atoms. The van der Waals surface area contributed by atoms with Gasteiger partial charge < -0.3 is 4.74 Å². The first kappa shape index (κ1) is 12.2. The summed E-state index contributed by atoms with van der Waals surface area (Å²) in [4.78, 5) is 10.9. The number of benzene rings is 1. The third kappa shape index (κ3) is 3.02. The van der Waals surface area contributed by atoms with Crippen LogP contribution in [0.1, 0.15) is 22.9 Å². The van der Waals surface area contributed by atoms with Gasteiger partial charge in [0.1, 0.15) is 5.82 Å². The highest BCUT2D eigenvalue weighted by atomic mass is 79.9. The Morgan fingerprint density at radius 3 is 2.80 bits per heavy atom. The van der Waals surface area contributed by atoms with E-state index in [1.54, 1.807) is 18.2 Å². The molecule has 1 unspecified atom stereocenters. The Balaban J connectivity index is 2.99. The molecule has 0 radical (unpaired) electrons. The second-order valence-electron chi connectivity index (χ2n) is 3.19. The van der Waals surface area contributed by atoms with E-state index in [0.29, 0.717) is 11.1 Å². The van der Waals surface area contributed by atoms with Crippen LogP contribution in [0.4, 0.5) is 4.39 Å². The lowest BCUT2D eigenvalue weighted by atomic mass is 10.1. The monoisotopic (exact) mass is 274 g/mol. The lowest BCUT2D eigenvalue weighted by molar-refractivity contribution is -0.139. The van der Waals surface area contributed by atoms with Crippen LogP contribution in [0, 0.1) is 5.82 Å². The average molecular weight is 275 g/mol. The summed E-state index contributed by atoms with van der Waals surface area (Å²) in [5.74, 6) is -0.777. The first-order valence-electron chi connectivity index (χ1n) is 4.54. The number of esters is 1. The van der Waals surface area contributed by atoms with Gasteiger partial charge in [0.2, 0.25) is 0 Å². The highest BCUT2D eigenvalue weighted by Gasteiger charge is 2.14. The molecule has 0 fully saturated rings. The van der Waals surface area contributed by atoms with E-state index in [0.717, 1.165) is 0 Å². The number of rotatable bonds is 3. The topological polar surface area (TPSA) is 26.3 Å². The van der Waals surface area contributed by atoms with Gasteiger partial charge in [0.15, 0.2) is 0 Å². The molecule has 1 atom stereocenters. The molecule has 0 spiro atoms. The molecule has 2 nitrogen and oxygen atoms in total. The van der Waals surface area contributed by atoms with E-state index in [2.05, 4.69) is 20.7 Å². The first-order valence-corrected chi connectivity index (χ1v) is 5.46. The van der Waals surface area contributed by atoms with Crippen molar-refractivity contribution in [3.8, 4) is 0 Å². The third-order valence-corrected chi connectivity index (χ3v) is 2.59. The van der Waals surface area contributed by atoms with E-state index in [-0.39, 0.29) is 17.1 Å². The highest BCUT2D eigenvalue weighted by Crippen LogP contribution is 2.26. The second-order valence-corrected chi connectivity index (χ2v) is 4.56. The van der Waals surface area contributed by atoms with Crippen molar-refractivity contribution in [1.29, 1.82) is 0 Å². The second kappa shape index (κ2) is 5.26. The van der Waals surface area contributed by atoms with Crippen molar-refractivity contribution in [1.82, 2.24) is 0 Å². The van der Waals surface area contributed by atoms with Gasteiger partial charge in [-0.2, -0.15) is 0 Å². The molecular weight excluding hydrogens is 263 g/mol. The Labute approximate surface area is 96.6 Å². The zero-order valence-electron chi connectivity index (χ0n) is 8.59. The van der Waals surface area contributed by atoms with Crippen molar-refractivity contribution >= 4 is 21.9 Å². The van der Waals surface area contributed by atoms with Crippen LogP contribution in [0.3, 0.4) is 0 Å². The first-order chi connectivity index (χ1) is 7.06. The molecule has 0 heterocycles. The number of carbonyl (C=O) groups excluding carboxylic acids is 1. The van der Waals surface area contributed by atoms with Gasteiger partial charge in [-0.25, -0.2) is 4.39 Å². The van der Waals surface area contributed by atoms with Crippen LogP contribution in [0.5, 0.6) is 0 Å². The van der Waals surface area contributed by atoms with Crippen molar-refractivity contribution in [2.75, 3.05) is 7.11 Å². The maximum absolute atomic E-state index is 13.8. The van der Waals surface area contributed by atoms with Crippen LogP contribution in [0.2, 0.25) is 0 Å². The number of methoxy groups -OCH3 is 1. The summed E-state index contributed by atoms with van der Waals surface area (Å²) in [5.41, 5.74) is 0.919. The summed E-state index contributed by atoms with van der Waals surface area (Å²) in [6.07, 6.45) is -0.0319. The Morgan fingerprint density at radius 1 is 1.60 bits per heavy atom. The molecule has 1 aromatic rings. The van der Waals surface area contributed by atoms with Gasteiger partial charge in [0.05, 0.1) is 13.5 Å². The molecule has 1 aromatic carbocycles. The summed E-state index contributed by atoms with van der Waals surface area (Å²) in [7, 11) is 1.29. The normalized spacial score (nSPS) is 12.3. The lowest BCUT2D eigenvalue weighted by Gasteiger charge is -2.09. The quantitative estimate of drug-likeness (QED) is 0.626. The lowest BCUT2D eigenvalue weighted by Crippen LogP contribution is -2.07. The van der Waals surface area contributed by atoms with Crippen LogP contribution in [-0.4, -0.2) is 13.1 Å². The number of hydrogen-bond acceptors (Lipinski definition) is 2. The summed E-state index contributed by atoms with van der Waals surface area (Å²) in [5, 5.41) is 0. The van der Waals surface area contributed by atoms with Gasteiger partial charge in [-0.3, -0.25) is 4.79 Å². The maximum atomic E-state index is 13.8. The van der Waals surface area contributed by atoms with E-state index in [1.807, 2.05) is 6.92 Å². The molecule has 0 saturated carbocycles. The molecular formula is C11H12BrFO2. The fourth-order valence-corrected chi connectivity index (χ4v) is 1.62. The number of ether oxygens (including phenoxy) is 1. The van der Waals surface area contributed by atoms with Crippen LogP contribution in [0.15, 0.2) is 18.2 Å². The van der Waals surface area contributed by atoms with Crippen LogP contribution in [0.25, 0.3) is 0 Å². The van der Waals surface area contributed by atoms with Crippen LogP contribution in [-0.2, 0) is 16.0 Å². The van der Waals surface area contributed by atoms with E-state index < -0.39 is 5.97 Å². The smallest absolute Gasteiger partial charge is 0.310 e. The molecule has 82 valence electrons. The third-order valence-electron chi connectivity index (χ3n) is 2.10. The Kier molecular flexibility index (Phi) is 4.27. The zero-order valence-corrected chi connectivity index (χ0v) is 10.2. The molecule has 0 saturated heterocycles. The number of halogens is 2. The number of alkyl halides is 1. The predicted octanol–water partition coefficient (Wildman–Crippen LogP) is 3.00. The van der Waals surface area contributed by atoms with E-state index in [4.69, 9.17) is 0 Å². The fraction of sp³-hybridized carbons (Fsp3) is 0.364. The largest absolute Gasteiger partial charge is 0.469 e. The number of hydrogen-bond donors (Lipinski definition) is 0. The summed E-state index contributed by atoms with van der Waals surface area (Å²) in [6, 6.07) is 5.01. The standard InChI is InChI=1S/C11H12BrFO2/c1-7(12)9-5-3-4-8(11(9)13)6-10(14)15-2/h3-5,7H,6H2,1-2H3. The molecule has 4 heteroatoms. The SMILES string of the molecule is COC(=O)Cc1cccc(C(C)Br)c1F. The van der Waals surface area contributed by atoms with Crippen molar-refractivity contribution < 1.29 is 13.9 Å². The molecule has 0 N–H and O–H groups in total. The van der Waals surface area contributed by atoms with Gasteiger partial charge >= 0.3 is 5.97 Å². The molecule has 0 aromatic heterocycles. The Hall–Kier alpha value is -0.900. The van der Waals surface area contributed by atoms with Gasteiger partial charge in [0.25, 0.3) is 0 Å². The fourth-order valence-electron chi connectivity index (χ4n) is 1.27. The van der Waals surface area contributed by atoms with E-state index >= 15 is 0 Å². The van der Waals surface area contributed by atoms with Crippen LogP contribution < -0.4 is 0 Å². The predicted molar refractivity (Wildman–Crippen MR) is 59.5 cm³/mol. The summed E-state index contributed by atoms with van der Waals surface area (Å²) < 4.78 is 18.3. The van der Waals surface area contributed by atoms with E-state index in [1.165, 1.54) is 7.11 Å². The van der Waals surface area contributed by atoms with Crippen molar-refractivity contribution in [3.05, 3.63) is 35.1 Å². The van der Waals surface area contributed by atoms with Gasteiger partial charge in [0, 0.05) is 10.4 Å². The zero-order chi connectivity index (χ0) is 11.4. The van der Waals surface area contributed by atoms with Crippen molar-refractivity contribution in [3.63, 3.8) is 0 Å². The average Bonchev–Trinajstić information content (AvgIpc) is 2.20.